The lowest BCUT2D eigenvalue weighted by Gasteiger charge is -2.18. The number of primary amides is 1. The summed E-state index contributed by atoms with van der Waals surface area (Å²) in [5.74, 6) is -0.284. The van der Waals surface area contributed by atoms with Crippen LogP contribution in [0.2, 0.25) is 0 Å². The molecule has 4 N–H and O–H groups in total. The first kappa shape index (κ1) is 17.9. The highest BCUT2D eigenvalue weighted by Gasteiger charge is 2.19. The molecule has 6 heteroatoms. The van der Waals surface area contributed by atoms with Crippen molar-refractivity contribution >= 4 is 5.91 Å². The van der Waals surface area contributed by atoms with Crippen LogP contribution in [0.4, 0.5) is 4.39 Å². The van der Waals surface area contributed by atoms with E-state index in [-0.39, 0.29) is 12.4 Å². The second-order valence-corrected chi connectivity index (χ2v) is 5.53. The van der Waals surface area contributed by atoms with Crippen molar-refractivity contribution in [3.05, 3.63) is 65.5 Å². The third-order valence-electron chi connectivity index (χ3n) is 3.59. The van der Waals surface area contributed by atoms with Crippen molar-refractivity contribution < 1.29 is 19.0 Å². The number of ether oxygens (including phenoxy) is 1. The molecule has 0 aliphatic carbocycles. The molecule has 0 saturated heterocycles. The van der Waals surface area contributed by atoms with Gasteiger partial charge in [-0.05, 0) is 30.7 Å². The van der Waals surface area contributed by atoms with Crippen LogP contribution in [0, 0.1) is 5.82 Å². The highest BCUT2D eigenvalue weighted by Crippen LogP contribution is 2.15. The van der Waals surface area contributed by atoms with Gasteiger partial charge in [-0.2, -0.15) is 0 Å². The molecule has 2 aromatic carbocycles. The standard InChI is InChI=1S/C18H21FN2O3/c1-12(22)17(18(20)23)21-10-13-6-8-15(9-7-13)24-11-14-4-2-3-5-16(14)19/h2-9,12,17,21-22H,10-11H2,1H3,(H2,20,23). The van der Waals surface area contributed by atoms with Crippen LogP contribution >= 0.6 is 0 Å². The molecular weight excluding hydrogens is 311 g/mol. The molecule has 0 bridgehead atoms. The molecule has 0 saturated carbocycles. The average Bonchev–Trinajstić information content (AvgIpc) is 2.55. The van der Waals surface area contributed by atoms with Crippen LogP contribution in [0.1, 0.15) is 18.1 Å². The molecule has 24 heavy (non-hydrogen) atoms. The molecule has 5 nitrogen and oxygen atoms in total. The first-order chi connectivity index (χ1) is 11.5. The normalized spacial score (nSPS) is 13.3. The number of aliphatic hydroxyl groups is 1. The summed E-state index contributed by atoms with van der Waals surface area (Å²) in [6, 6.07) is 12.8. The maximum Gasteiger partial charge on any atom is 0.237 e. The van der Waals surface area contributed by atoms with Crippen LogP contribution in [-0.4, -0.2) is 23.2 Å². The number of benzene rings is 2. The number of halogens is 1. The number of nitrogens with two attached hydrogens (primary N) is 1. The zero-order chi connectivity index (χ0) is 17.5. The number of nitrogens with one attached hydrogen (secondary N) is 1. The lowest BCUT2D eigenvalue weighted by atomic mass is 10.1. The van der Waals surface area contributed by atoms with E-state index in [1.165, 1.54) is 13.0 Å². The third-order valence-corrected chi connectivity index (χ3v) is 3.59. The van der Waals surface area contributed by atoms with E-state index in [4.69, 9.17) is 10.5 Å². The number of hydrogen-bond acceptors (Lipinski definition) is 4. The van der Waals surface area contributed by atoms with Crippen LogP contribution in [0.15, 0.2) is 48.5 Å². The van der Waals surface area contributed by atoms with Crippen molar-refractivity contribution in [2.45, 2.75) is 32.2 Å². The lowest BCUT2D eigenvalue weighted by Crippen LogP contribution is -2.47. The van der Waals surface area contributed by atoms with Gasteiger partial charge in [-0.3, -0.25) is 10.1 Å². The topological polar surface area (TPSA) is 84.6 Å². The molecule has 128 valence electrons. The number of hydrogen-bond donors (Lipinski definition) is 3. The summed E-state index contributed by atoms with van der Waals surface area (Å²) in [4.78, 5) is 11.2. The molecule has 0 radical (unpaired) electrons. The van der Waals surface area contributed by atoms with Crippen LogP contribution in [0.5, 0.6) is 5.75 Å². The molecule has 2 aromatic rings. The van der Waals surface area contributed by atoms with E-state index in [0.29, 0.717) is 17.9 Å². The largest absolute Gasteiger partial charge is 0.489 e. The van der Waals surface area contributed by atoms with Gasteiger partial charge in [0.25, 0.3) is 0 Å². The van der Waals surface area contributed by atoms with E-state index in [1.807, 2.05) is 12.1 Å². The minimum Gasteiger partial charge on any atom is -0.489 e. The van der Waals surface area contributed by atoms with Crippen LogP contribution in [0.3, 0.4) is 0 Å². The Morgan fingerprint density at radius 3 is 2.50 bits per heavy atom. The Balaban J connectivity index is 1.89. The summed E-state index contributed by atoms with van der Waals surface area (Å²) < 4.78 is 19.1. The molecular formula is C18H21FN2O3. The van der Waals surface area contributed by atoms with Crippen LogP contribution in [-0.2, 0) is 17.9 Å². The number of aliphatic hydroxyl groups excluding tert-OH is 1. The number of rotatable bonds is 8. The smallest absolute Gasteiger partial charge is 0.237 e. The van der Waals surface area contributed by atoms with Gasteiger partial charge in [0.15, 0.2) is 0 Å². The molecule has 1 amide bonds. The summed E-state index contributed by atoms with van der Waals surface area (Å²) in [5, 5.41) is 12.4. The number of amides is 1. The minimum atomic E-state index is -0.870. The van der Waals surface area contributed by atoms with Gasteiger partial charge < -0.3 is 15.6 Å². The summed E-state index contributed by atoms with van der Waals surface area (Å²) in [7, 11) is 0. The van der Waals surface area contributed by atoms with E-state index in [2.05, 4.69) is 5.32 Å². The van der Waals surface area contributed by atoms with Gasteiger partial charge in [-0.15, -0.1) is 0 Å². The Morgan fingerprint density at radius 2 is 1.92 bits per heavy atom. The summed E-state index contributed by atoms with van der Waals surface area (Å²) in [5.41, 5.74) is 6.61. The maximum absolute atomic E-state index is 13.5. The predicted molar refractivity (Wildman–Crippen MR) is 88.7 cm³/mol. The predicted octanol–water partition coefficient (Wildman–Crippen LogP) is 1.73. The van der Waals surface area contributed by atoms with Gasteiger partial charge >= 0.3 is 0 Å². The zero-order valence-corrected chi connectivity index (χ0v) is 13.4. The van der Waals surface area contributed by atoms with Gasteiger partial charge in [-0.25, -0.2) is 4.39 Å². The van der Waals surface area contributed by atoms with Gasteiger partial charge in [-0.1, -0.05) is 30.3 Å². The van der Waals surface area contributed by atoms with E-state index in [0.717, 1.165) is 5.56 Å². The second-order valence-electron chi connectivity index (χ2n) is 5.53. The summed E-state index contributed by atoms with van der Waals surface area (Å²) >= 11 is 0. The van der Waals surface area contributed by atoms with E-state index in [1.54, 1.807) is 30.3 Å². The Bertz CT molecular complexity index is 674. The number of carbonyl (C=O) groups is 1. The lowest BCUT2D eigenvalue weighted by molar-refractivity contribution is -0.122. The van der Waals surface area contributed by atoms with Gasteiger partial charge in [0.05, 0.1) is 6.10 Å². The molecule has 0 fully saturated rings. The average molecular weight is 332 g/mol. The summed E-state index contributed by atoms with van der Waals surface area (Å²) in [6.07, 6.45) is -0.870. The Morgan fingerprint density at radius 1 is 1.25 bits per heavy atom. The number of carbonyl (C=O) groups excluding carboxylic acids is 1. The molecule has 0 aromatic heterocycles. The Labute approximate surface area is 140 Å². The van der Waals surface area contributed by atoms with Crippen molar-refractivity contribution in [3.63, 3.8) is 0 Å². The van der Waals surface area contributed by atoms with Crippen molar-refractivity contribution in [2.24, 2.45) is 5.73 Å². The molecule has 2 rings (SSSR count). The fourth-order valence-electron chi connectivity index (χ4n) is 2.22. The van der Waals surface area contributed by atoms with Crippen LogP contribution in [0.25, 0.3) is 0 Å². The van der Waals surface area contributed by atoms with E-state index >= 15 is 0 Å². The fraction of sp³-hybridized carbons (Fsp3) is 0.278. The quantitative estimate of drug-likeness (QED) is 0.687. The summed E-state index contributed by atoms with van der Waals surface area (Å²) in [6.45, 7) is 2.03. The van der Waals surface area contributed by atoms with E-state index in [9.17, 15) is 14.3 Å². The molecule has 0 aliphatic heterocycles. The zero-order valence-electron chi connectivity index (χ0n) is 13.4. The van der Waals surface area contributed by atoms with Crippen molar-refractivity contribution in [2.75, 3.05) is 0 Å². The molecule has 2 atom stereocenters. The van der Waals surface area contributed by atoms with Crippen molar-refractivity contribution in [1.82, 2.24) is 5.32 Å². The SMILES string of the molecule is CC(O)C(NCc1ccc(OCc2ccccc2F)cc1)C(N)=O. The first-order valence-electron chi connectivity index (χ1n) is 7.63. The molecule has 0 spiro atoms. The van der Waals surface area contributed by atoms with Crippen molar-refractivity contribution in [1.29, 1.82) is 0 Å². The Hall–Kier alpha value is -2.44. The Kier molecular flexibility index (Phi) is 6.28. The van der Waals surface area contributed by atoms with Crippen LogP contribution < -0.4 is 15.8 Å². The second kappa shape index (κ2) is 8.42. The first-order valence-corrected chi connectivity index (χ1v) is 7.63. The van der Waals surface area contributed by atoms with Crippen molar-refractivity contribution in [3.8, 4) is 5.75 Å². The highest BCUT2D eigenvalue weighted by atomic mass is 19.1. The van der Waals surface area contributed by atoms with Gasteiger partial charge in [0, 0.05) is 12.1 Å². The maximum atomic E-state index is 13.5. The fourth-order valence-corrected chi connectivity index (χ4v) is 2.22. The molecule has 2 unspecified atom stereocenters. The molecule has 0 aliphatic rings. The van der Waals surface area contributed by atoms with E-state index < -0.39 is 18.1 Å². The molecule has 0 heterocycles. The minimum absolute atomic E-state index is 0.149. The van der Waals surface area contributed by atoms with Gasteiger partial charge in [0.2, 0.25) is 5.91 Å². The third kappa shape index (κ3) is 5.04. The van der Waals surface area contributed by atoms with Gasteiger partial charge in [0.1, 0.15) is 24.2 Å². The highest BCUT2D eigenvalue weighted by molar-refractivity contribution is 5.80. The monoisotopic (exact) mass is 332 g/mol.